The Morgan fingerprint density at radius 2 is 2.33 bits per heavy atom. The molecule has 3 heteroatoms. The van der Waals surface area contributed by atoms with E-state index in [-0.39, 0.29) is 5.97 Å². The van der Waals surface area contributed by atoms with Gasteiger partial charge in [-0.2, -0.15) is 0 Å². The zero-order valence-electron chi connectivity index (χ0n) is 5.68. The van der Waals surface area contributed by atoms with Crippen LogP contribution in [0.3, 0.4) is 0 Å². The number of ether oxygens (including phenoxy) is 1. The lowest BCUT2D eigenvalue weighted by Gasteiger charge is -1.92. The van der Waals surface area contributed by atoms with Crippen LogP contribution in [-0.4, -0.2) is 19.6 Å². The monoisotopic (exact) mass is 129 g/mol. The summed E-state index contributed by atoms with van der Waals surface area (Å²) in [5.74, 6) is -0.349. The number of esters is 1. The summed E-state index contributed by atoms with van der Waals surface area (Å²) in [6.45, 7) is 2.17. The molecule has 0 saturated carbocycles. The van der Waals surface area contributed by atoms with Crippen molar-refractivity contribution < 1.29 is 9.53 Å². The van der Waals surface area contributed by atoms with Crippen LogP contribution in [0, 0.1) is 0 Å². The van der Waals surface area contributed by atoms with Crippen molar-refractivity contribution in [1.82, 2.24) is 0 Å². The predicted octanol–water partition coefficient (Wildman–Crippen LogP) is 0.0644. The Morgan fingerprint density at radius 3 is 2.67 bits per heavy atom. The molecule has 0 saturated heterocycles. The van der Waals surface area contributed by atoms with Crippen molar-refractivity contribution in [2.24, 2.45) is 5.73 Å². The number of rotatable bonds is 2. The van der Waals surface area contributed by atoms with Crippen molar-refractivity contribution in [2.45, 2.75) is 6.92 Å². The Hall–Kier alpha value is -0.830. The molecule has 3 nitrogen and oxygen atoms in total. The topological polar surface area (TPSA) is 52.3 Å². The van der Waals surface area contributed by atoms with Crippen LogP contribution in [0.2, 0.25) is 0 Å². The van der Waals surface area contributed by atoms with Gasteiger partial charge in [0, 0.05) is 12.6 Å². The van der Waals surface area contributed by atoms with Crippen molar-refractivity contribution in [2.75, 3.05) is 13.7 Å². The number of methoxy groups -OCH3 is 1. The average Bonchev–Trinajstić information content (AvgIpc) is 1.87. The number of hydrogen-bond donors (Lipinski definition) is 1. The standard InChI is InChI=1S/C6H11NO2/c1-5(4-7)3-6(8)9-2/h3H,4,7H2,1-2H3/b5-3+. The van der Waals surface area contributed by atoms with Crippen molar-refractivity contribution in [3.63, 3.8) is 0 Å². The van der Waals surface area contributed by atoms with E-state index in [0.29, 0.717) is 6.54 Å². The highest BCUT2D eigenvalue weighted by Gasteiger charge is 1.92. The summed E-state index contributed by atoms with van der Waals surface area (Å²) >= 11 is 0. The lowest BCUT2D eigenvalue weighted by atomic mass is 10.3. The van der Waals surface area contributed by atoms with Gasteiger partial charge in [0.25, 0.3) is 0 Å². The molecule has 0 aliphatic rings. The first-order valence-electron chi connectivity index (χ1n) is 2.66. The smallest absolute Gasteiger partial charge is 0.330 e. The average molecular weight is 129 g/mol. The highest BCUT2D eigenvalue weighted by atomic mass is 16.5. The second kappa shape index (κ2) is 4.09. The second-order valence-corrected chi connectivity index (χ2v) is 1.72. The fourth-order valence-corrected chi connectivity index (χ4v) is 0.319. The molecule has 0 aromatic carbocycles. The zero-order valence-corrected chi connectivity index (χ0v) is 5.68. The molecule has 9 heavy (non-hydrogen) atoms. The minimum Gasteiger partial charge on any atom is -0.466 e. The van der Waals surface area contributed by atoms with Crippen LogP contribution in [0.25, 0.3) is 0 Å². The Labute approximate surface area is 54.5 Å². The summed E-state index contributed by atoms with van der Waals surface area (Å²) in [5.41, 5.74) is 6.02. The van der Waals surface area contributed by atoms with Crippen LogP contribution in [0.1, 0.15) is 6.92 Å². The third-order valence-electron chi connectivity index (χ3n) is 0.887. The fourth-order valence-electron chi connectivity index (χ4n) is 0.319. The van der Waals surface area contributed by atoms with Crippen molar-refractivity contribution in [3.05, 3.63) is 11.6 Å². The van der Waals surface area contributed by atoms with Gasteiger partial charge in [-0.1, -0.05) is 5.57 Å². The van der Waals surface area contributed by atoms with Gasteiger partial charge in [0.15, 0.2) is 0 Å². The van der Waals surface area contributed by atoms with Gasteiger partial charge in [-0.25, -0.2) is 4.79 Å². The lowest BCUT2D eigenvalue weighted by molar-refractivity contribution is -0.134. The second-order valence-electron chi connectivity index (χ2n) is 1.72. The molecule has 0 aliphatic carbocycles. The molecule has 0 spiro atoms. The van der Waals surface area contributed by atoms with Crippen LogP contribution in [0.4, 0.5) is 0 Å². The van der Waals surface area contributed by atoms with E-state index in [9.17, 15) is 4.79 Å². The number of nitrogens with two attached hydrogens (primary N) is 1. The Kier molecular flexibility index (Phi) is 3.71. The number of hydrogen-bond acceptors (Lipinski definition) is 3. The van der Waals surface area contributed by atoms with E-state index in [2.05, 4.69) is 4.74 Å². The first-order valence-corrected chi connectivity index (χ1v) is 2.66. The first kappa shape index (κ1) is 8.17. The molecule has 0 aromatic heterocycles. The maximum Gasteiger partial charge on any atom is 0.330 e. The maximum atomic E-state index is 10.4. The van der Waals surface area contributed by atoms with Gasteiger partial charge in [0.2, 0.25) is 0 Å². The quantitative estimate of drug-likeness (QED) is 0.424. The first-order chi connectivity index (χ1) is 4.20. The fraction of sp³-hybridized carbons (Fsp3) is 0.500. The summed E-state index contributed by atoms with van der Waals surface area (Å²) in [6, 6.07) is 0. The Morgan fingerprint density at radius 1 is 1.78 bits per heavy atom. The minimum absolute atomic E-state index is 0.349. The van der Waals surface area contributed by atoms with Gasteiger partial charge in [0.1, 0.15) is 0 Å². The number of carbonyl (C=O) groups is 1. The molecule has 0 atom stereocenters. The van der Waals surface area contributed by atoms with Crippen LogP contribution in [0.15, 0.2) is 11.6 Å². The highest BCUT2D eigenvalue weighted by molar-refractivity contribution is 5.82. The third kappa shape index (κ3) is 3.73. The number of carbonyl (C=O) groups excluding carboxylic acids is 1. The van der Waals surface area contributed by atoms with E-state index in [1.54, 1.807) is 6.92 Å². The molecule has 0 unspecified atom stereocenters. The Bertz CT molecular complexity index is 129. The molecule has 0 aromatic rings. The summed E-state index contributed by atoms with van der Waals surface area (Å²) in [4.78, 5) is 10.4. The van der Waals surface area contributed by atoms with Crippen molar-refractivity contribution >= 4 is 5.97 Å². The van der Waals surface area contributed by atoms with E-state index >= 15 is 0 Å². The molecule has 0 aliphatic heterocycles. The van der Waals surface area contributed by atoms with E-state index in [1.165, 1.54) is 13.2 Å². The molecule has 0 fully saturated rings. The molecule has 52 valence electrons. The zero-order chi connectivity index (χ0) is 7.28. The van der Waals surface area contributed by atoms with E-state index < -0.39 is 0 Å². The SMILES string of the molecule is COC(=O)/C=C(\C)CN. The van der Waals surface area contributed by atoms with E-state index in [1.807, 2.05) is 0 Å². The minimum atomic E-state index is -0.349. The van der Waals surface area contributed by atoms with Gasteiger partial charge in [0.05, 0.1) is 7.11 Å². The molecule has 0 bridgehead atoms. The summed E-state index contributed by atoms with van der Waals surface area (Å²) in [5, 5.41) is 0. The normalized spacial score (nSPS) is 11.2. The molecule has 0 amide bonds. The summed E-state index contributed by atoms with van der Waals surface area (Å²) in [7, 11) is 1.34. The van der Waals surface area contributed by atoms with Gasteiger partial charge in [-0.05, 0) is 6.92 Å². The summed E-state index contributed by atoms with van der Waals surface area (Å²) < 4.78 is 4.35. The van der Waals surface area contributed by atoms with Gasteiger partial charge >= 0.3 is 5.97 Å². The van der Waals surface area contributed by atoms with Crippen LogP contribution in [0.5, 0.6) is 0 Å². The van der Waals surface area contributed by atoms with Crippen LogP contribution in [-0.2, 0) is 9.53 Å². The molecule has 2 N–H and O–H groups in total. The molecule has 0 heterocycles. The third-order valence-corrected chi connectivity index (χ3v) is 0.887. The van der Waals surface area contributed by atoms with Gasteiger partial charge in [-0.3, -0.25) is 0 Å². The molecular formula is C6H11NO2. The largest absolute Gasteiger partial charge is 0.466 e. The van der Waals surface area contributed by atoms with Crippen LogP contribution >= 0.6 is 0 Å². The predicted molar refractivity (Wildman–Crippen MR) is 34.8 cm³/mol. The molecule has 0 rings (SSSR count). The van der Waals surface area contributed by atoms with Gasteiger partial charge < -0.3 is 10.5 Å². The van der Waals surface area contributed by atoms with Crippen LogP contribution < -0.4 is 5.73 Å². The van der Waals surface area contributed by atoms with Crippen molar-refractivity contribution in [3.8, 4) is 0 Å². The van der Waals surface area contributed by atoms with Gasteiger partial charge in [-0.15, -0.1) is 0 Å². The lowest BCUT2D eigenvalue weighted by Crippen LogP contribution is -2.03. The Balaban J connectivity index is 3.79. The molecular weight excluding hydrogens is 118 g/mol. The molecule has 0 radical (unpaired) electrons. The van der Waals surface area contributed by atoms with E-state index in [4.69, 9.17) is 5.73 Å². The van der Waals surface area contributed by atoms with E-state index in [0.717, 1.165) is 5.57 Å². The van der Waals surface area contributed by atoms with Crippen molar-refractivity contribution in [1.29, 1.82) is 0 Å². The highest BCUT2D eigenvalue weighted by Crippen LogP contribution is 1.88. The maximum absolute atomic E-state index is 10.4. The summed E-state index contributed by atoms with van der Waals surface area (Å²) in [6.07, 6.45) is 1.38.